The van der Waals surface area contributed by atoms with Crippen LogP contribution in [0.3, 0.4) is 0 Å². The lowest BCUT2D eigenvalue weighted by molar-refractivity contribution is 0.0464. The third-order valence-corrected chi connectivity index (χ3v) is 6.26. The number of phenols is 1. The second-order valence-corrected chi connectivity index (χ2v) is 9.84. The molecule has 0 amide bonds. The van der Waals surface area contributed by atoms with Crippen molar-refractivity contribution in [2.45, 2.75) is 35.1 Å². The first-order chi connectivity index (χ1) is 22.4. The number of carbonyl (C=O) groups is 4. The van der Waals surface area contributed by atoms with Gasteiger partial charge < -0.3 is 33.9 Å². The van der Waals surface area contributed by atoms with Crippen LogP contribution in [0.1, 0.15) is 73.8 Å². The topological polar surface area (TPSA) is 155 Å². The number of hydrogen-bond donors (Lipinski definition) is 2. The van der Waals surface area contributed by atoms with Gasteiger partial charge in [0.2, 0.25) is 0 Å². The van der Waals surface area contributed by atoms with Crippen molar-refractivity contribution >= 4 is 23.5 Å². The SMILES string of the molecule is C.COCOc1c(C)ccc(C(C)=O)c1O.COCOc1c(C)ccc(C(C)=O)c1OC(=O)c1ccccc1.O=C(O)c1ccccc1. The van der Waals surface area contributed by atoms with Crippen LogP contribution in [0.2, 0.25) is 0 Å². The lowest BCUT2D eigenvalue weighted by Crippen LogP contribution is -2.13. The van der Waals surface area contributed by atoms with E-state index < -0.39 is 11.9 Å². The summed E-state index contributed by atoms with van der Waals surface area (Å²) >= 11 is 0. The van der Waals surface area contributed by atoms with Crippen LogP contribution in [0.5, 0.6) is 23.0 Å². The number of aryl methyl sites for hydroxylation is 2. The number of ether oxygens (including phenoxy) is 5. The Bertz CT molecular complexity index is 1650. The van der Waals surface area contributed by atoms with Gasteiger partial charge in [-0.15, -0.1) is 0 Å². The van der Waals surface area contributed by atoms with E-state index in [2.05, 4.69) is 0 Å². The monoisotopic (exact) mass is 662 g/mol. The molecule has 48 heavy (non-hydrogen) atoms. The van der Waals surface area contributed by atoms with Crippen LogP contribution < -0.4 is 14.2 Å². The van der Waals surface area contributed by atoms with Crippen molar-refractivity contribution in [2.75, 3.05) is 27.8 Å². The molecule has 2 N–H and O–H groups in total. The smallest absolute Gasteiger partial charge is 0.343 e. The fraction of sp³-hybridized carbons (Fsp3) is 0.243. The maximum absolute atomic E-state index is 12.3. The molecule has 11 heteroatoms. The number of carboxylic acids is 1. The van der Waals surface area contributed by atoms with Gasteiger partial charge in [0.25, 0.3) is 0 Å². The molecular weight excluding hydrogens is 620 g/mol. The number of aromatic hydroxyl groups is 1. The van der Waals surface area contributed by atoms with Crippen molar-refractivity contribution in [1.29, 1.82) is 0 Å². The summed E-state index contributed by atoms with van der Waals surface area (Å²) in [7, 11) is 2.97. The van der Waals surface area contributed by atoms with Crippen molar-refractivity contribution < 1.29 is 53.1 Å². The number of hydrogen-bond acceptors (Lipinski definition) is 10. The van der Waals surface area contributed by atoms with Gasteiger partial charge >= 0.3 is 11.9 Å². The fourth-order valence-corrected chi connectivity index (χ4v) is 3.90. The van der Waals surface area contributed by atoms with Crippen LogP contribution in [-0.4, -0.2) is 61.5 Å². The molecule has 0 unspecified atom stereocenters. The molecule has 0 aliphatic carbocycles. The third-order valence-electron chi connectivity index (χ3n) is 6.26. The van der Waals surface area contributed by atoms with Crippen LogP contribution in [0.15, 0.2) is 84.9 Å². The summed E-state index contributed by atoms with van der Waals surface area (Å²) < 4.78 is 25.8. The highest BCUT2D eigenvalue weighted by Crippen LogP contribution is 2.36. The molecular formula is C37H42O11. The van der Waals surface area contributed by atoms with E-state index in [1.807, 2.05) is 0 Å². The molecule has 4 aromatic carbocycles. The standard InChI is InChI=1S/C18H18O5.C11H14O4.C7H6O2.CH4/c1-12-9-10-15(13(2)19)17(16(12)22-11-21-3)23-18(20)14-7-5-4-6-8-14;1-7-4-5-9(8(2)12)10(13)11(7)15-6-14-3;8-7(9)6-4-2-1-3-5-6;/h4-10H,11H2,1-3H3;4-5,13H,6H2,1-3H3;1-5H,(H,8,9);1H4. The second-order valence-electron chi connectivity index (χ2n) is 9.84. The van der Waals surface area contributed by atoms with Gasteiger partial charge in [-0.2, -0.15) is 0 Å². The van der Waals surface area contributed by atoms with Crippen molar-refractivity contribution in [3.63, 3.8) is 0 Å². The zero-order chi connectivity index (χ0) is 34.9. The van der Waals surface area contributed by atoms with Crippen LogP contribution in [0, 0.1) is 13.8 Å². The molecule has 4 rings (SSSR count). The minimum absolute atomic E-state index is 0. The van der Waals surface area contributed by atoms with Gasteiger partial charge in [0.15, 0.2) is 48.2 Å². The van der Waals surface area contributed by atoms with E-state index in [4.69, 9.17) is 28.8 Å². The third kappa shape index (κ3) is 12.0. The predicted molar refractivity (Wildman–Crippen MR) is 181 cm³/mol. The van der Waals surface area contributed by atoms with Crippen molar-refractivity contribution in [2.24, 2.45) is 0 Å². The number of phenolic OH excluding ortho intramolecular Hbond substituents is 1. The molecule has 0 saturated carbocycles. The van der Waals surface area contributed by atoms with Crippen LogP contribution in [-0.2, 0) is 9.47 Å². The normalized spacial score (nSPS) is 9.71. The van der Waals surface area contributed by atoms with Gasteiger partial charge in [0, 0.05) is 14.2 Å². The second kappa shape index (κ2) is 20.6. The summed E-state index contributed by atoms with van der Waals surface area (Å²) in [6.45, 7) is 6.41. The highest BCUT2D eigenvalue weighted by Gasteiger charge is 2.21. The molecule has 0 atom stereocenters. The first-order valence-electron chi connectivity index (χ1n) is 14.2. The van der Waals surface area contributed by atoms with Crippen LogP contribution in [0.25, 0.3) is 0 Å². The molecule has 4 aromatic rings. The summed E-state index contributed by atoms with van der Waals surface area (Å²) in [5, 5.41) is 18.2. The number of benzene rings is 4. The van der Waals surface area contributed by atoms with Gasteiger partial charge in [0.05, 0.1) is 22.3 Å². The summed E-state index contributed by atoms with van der Waals surface area (Å²) in [6, 6.07) is 23.5. The quantitative estimate of drug-likeness (QED) is 0.0719. The number of rotatable bonds is 11. The Kier molecular flexibility index (Phi) is 17.4. The van der Waals surface area contributed by atoms with Gasteiger partial charge in [0.1, 0.15) is 0 Å². The molecule has 0 fully saturated rings. The number of carbonyl (C=O) groups excluding carboxylic acids is 3. The average Bonchev–Trinajstić information content (AvgIpc) is 3.05. The molecule has 0 spiro atoms. The number of ketones is 2. The van der Waals surface area contributed by atoms with E-state index in [9.17, 15) is 24.3 Å². The Morgan fingerprint density at radius 1 is 0.604 bits per heavy atom. The van der Waals surface area contributed by atoms with Gasteiger partial charge in [-0.05, 0) is 75.2 Å². The summed E-state index contributed by atoms with van der Waals surface area (Å²) in [6.07, 6.45) is 0. The maximum Gasteiger partial charge on any atom is 0.343 e. The largest absolute Gasteiger partial charge is 0.504 e. The highest BCUT2D eigenvalue weighted by molar-refractivity contribution is 6.00. The Labute approximate surface area is 280 Å². The van der Waals surface area contributed by atoms with E-state index >= 15 is 0 Å². The predicted octanol–water partition coefficient (Wildman–Crippen LogP) is 7.31. The molecule has 0 saturated heterocycles. The average molecular weight is 663 g/mol. The van der Waals surface area contributed by atoms with Crippen molar-refractivity contribution in [3.05, 3.63) is 118 Å². The first-order valence-corrected chi connectivity index (χ1v) is 14.2. The molecule has 0 radical (unpaired) electrons. The molecule has 0 aliphatic heterocycles. The van der Waals surface area contributed by atoms with Gasteiger partial charge in [-0.3, -0.25) is 9.59 Å². The Hall–Kier alpha value is -5.52. The number of aromatic carboxylic acids is 1. The summed E-state index contributed by atoms with van der Waals surface area (Å²) in [5.41, 5.74) is 2.76. The van der Waals surface area contributed by atoms with Crippen molar-refractivity contribution in [1.82, 2.24) is 0 Å². The van der Waals surface area contributed by atoms with E-state index in [1.165, 1.54) is 28.1 Å². The number of carboxylic acid groups (broad SMARTS) is 1. The van der Waals surface area contributed by atoms with E-state index in [-0.39, 0.29) is 55.2 Å². The van der Waals surface area contributed by atoms with E-state index in [1.54, 1.807) is 98.8 Å². The number of esters is 1. The van der Waals surface area contributed by atoms with Crippen LogP contribution >= 0.6 is 0 Å². The van der Waals surface area contributed by atoms with Crippen molar-refractivity contribution in [3.8, 4) is 23.0 Å². The minimum Gasteiger partial charge on any atom is -0.504 e. The van der Waals surface area contributed by atoms with E-state index in [0.29, 0.717) is 22.6 Å². The molecule has 0 heterocycles. The first kappa shape index (κ1) is 40.5. The molecule has 0 aromatic heterocycles. The zero-order valence-corrected chi connectivity index (χ0v) is 27.1. The Morgan fingerprint density at radius 3 is 1.48 bits per heavy atom. The van der Waals surface area contributed by atoms with Gasteiger partial charge in [-0.1, -0.05) is 56.0 Å². The zero-order valence-electron chi connectivity index (χ0n) is 27.1. The molecule has 0 bridgehead atoms. The molecule has 11 nitrogen and oxygen atoms in total. The summed E-state index contributed by atoms with van der Waals surface area (Å²) in [5.74, 6) is -1.24. The Morgan fingerprint density at radius 2 is 1.04 bits per heavy atom. The molecule has 0 aliphatic rings. The minimum atomic E-state index is -0.879. The maximum atomic E-state index is 12.3. The van der Waals surface area contributed by atoms with E-state index in [0.717, 1.165) is 11.1 Å². The molecule has 256 valence electrons. The fourth-order valence-electron chi connectivity index (χ4n) is 3.90. The van der Waals surface area contributed by atoms with Gasteiger partial charge in [-0.25, -0.2) is 9.59 Å². The summed E-state index contributed by atoms with van der Waals surface area (Å²) in [4.78, 5) is 45.5. The Balaban J connectivity index is 0.000000395. The highest BCUT2D eigenvalue weighted by atomic mass is 16.7. The lowest BCUT2D eigenvalue weighted by Gasteiger charge is -2.16. The van der Waals surface area contributed by atoms with Crippen LogP contribution in [0.4, 0.5) is 0 Å². The number of Topliss-reactive ketones (excluding diaryl/α,β-unsaturated/α-hetero) is 2. The number of methoxy groups -OCH3 is 2. The lowest BCUT2D eigenvalue weighted by atomic mass is 10.1.